The van der Waals surface area contributed by atoms with E-state index in [1.165, 1.54) is 6.07 Å². The molecule has 0 aliphatic heterocycles. The molecule has 0 bridgehead atoms. The minimum absolute atomic E-state index is 0.0217. The molecule has 2 N–H and O–H groups in total. The van der Waals surface area contributed by atoms with Crippen molar-refractivity contribution < 1.29 is 13.5 Å². The quantitative estimate of drug-likeness (QED) is 0.815. The van der Waals surface area contributed by atoms with E-state index >= 15 is 0 Å². The second-order valence-corrected chi connectivity index (χ2v) is 6.48. The van der Waals surface area contributed by atoms with Crippen molar-refractivity contribution in [3.63, 3.8) is 0 Å². The highest BCUT2D eigenvalue weighted by molar-refractivity contribution is 7.93. The zero-order valence-electron chi connectivity index (χ0n) is 9.81. The van der Waals surface area contributed by atoms with Crippen LogP contribution in [0.3, 0.4) is 0 Å². The van der Waals surface area contributed by atoms with Crippen molar-refractivity contribution >= 4 is 15.7 Å². The second-order valence-electron chi connectivity index (χ2n) is 4.52. The highest BCUT2D eigenvalue weighted by Crippen LogP contribution is 2.31. The van der Waals surface area contributed by atoms with Crippen LogP contribution >= 0.6 is 0 Å². The minimum Gasteiger partial charge on any atom is -0.506 e. The smallest absolute Gasteiger partial charge is 0.235 e. The number of hydrogen-bond acceptors (Lipinski definition) is 3. The first kappa shape index (κ1) is 12.2. The van der Waals surface area contributed by atoms with Crippen LogP contribution in [0.15, 0.2) is 18.2 Å². The van der Waals surface area contributed by atoms with Crippen LogP contribution in [0.2, 0.25) is 0 Å². The number of nitrogens with one attached hydrogen (secondary N) is 1. The molecule has 0 amide bonds. The molecular formula is C12H17NO3S. The third-order valence-electron chi connectivity index (χ3n) is 3.24. The summed E-state index contributed by atoms with van der Waals surface area (Å²) in [5.74, 6) is -0.0217. The highest BCUT2D eigenvalue weighted by Gasteiger charge is 2.29. The average Bonchev–Trinajstić information content (AvgIpc) is 2.77. The van der Waals surface area contributed by atoms with Crippen molar-refractivity contribution in [3.05, 3.63) is 23.8 Å². The standard InChI is InChI=1S/C12H17NO3S/c1-9-5-4-8-11(14)12(9)13-17(15,16)10-6-2-3-7-10/h4-5,8,10,13-14H,2-3,6-7H2,1H3. The Morgan fingerprint density at radius 3 is 2.53 bits per heavy atom. The number of hydrogen-bond donors (Lipinski definition) is 2. The van der Waals surface area contributed by atoms with Gasteiger partial charge in [0.05, 0.1) is 10.9 Å². The third-order valence-corrected chi connectivity index (χ3v) is 5.07. The largest absolute Gasteiger partial charge is 0.506 e. The summed E-state index contributed by atoms with van der Waals surface area (Å²) >= 11 is 0. The van der Waals surface area contributed by atoms with Crippen molar-refractivity contribution in [1.29, 1.82) is 0 Å². The molecular weight excluding hydrogens is 238 g/mol. The van der Waals surface area contributed by atoms with Gasteiger partial charge in [-0.2, -0.15) is 0 Å². The average molecular weight is 255 g/mol. The molecule has 0 heterocycles. The van der Waals surface area contributed by atoms with Crippen LogP contribution in [0.25, 0.3) is 0 Å². The molecule has 17 heavy (non-hydrogen) atoms. The number of benzene rings is 1. The lowest BCUT2D eigenvalue weighted by atomic mass is 10.2. The third kappa shape index (κ3) is 2.54. The fourth-order valence-corrected chi connectivity index (χ4v) is 3.88. The Bertz CT molecular complexity index is 484. The Balaban J connectivity index is 2.26. The molecule has 94 valence electrons. The Kier molecular flexibility index (Phi) is 3.28. The van der Waals surface area contributed by atoms with E-state index in [2.05, 4.69) is 4.72 Å². The molecule has 0 aromatic heterocycles. The number of aromatic hydroxyl groups is 1. The van der Waals surface area contributed by atoms with Gasteiger partial charge in [0.15, 0.2) is 0 Å². The van der Waals surface area contributed by atoms with E-state index in [1.807, 2.05) is 0 Å². The lowest BCUT2D eigenvalue weighted by Crippen LogP contribution is -2.25. The van der Waals surface area contributed by atoms with Gasteiger partial charge in [-0.15, -0.1) is 0 Å². The summed E-state index contributed by atoms with van der Waals surface area (Å²) in [7, 11) is -3.37. The van der Waals surface area contributed by atoms with Gasteiger partial charge in [0, 0.05) is 0 Å². The number of aryl methyl sites for hydroxylation is 1. The van der Waals surface area contributed by atoms with Gasteiger partial charge in [-0.25, -0.2) is 8.42 Å². The molecule has 2 rings (SSSR count). The summed E-state index contributed by atoms with van der Waals surface area (Å²) in [4.78, 5) is 0. The lowest BCUT2D eigenvalue weighted by molar-refractivity contribution is 0.477. The summed E-state index contributed by atoms with van der Waals surface area (Å²) in [5.41, 5.74) is 1.03. The molecule has 4 nitrogen and oxygen atoms in total. The van der Waals surface area contributed by atoms with Gasteiger partial charge in [-0.1, -0.05) is 25.0 Å². The molecule has 0 saturated heterocycles. The summed E-state index contributed by atoms with van der Waals surface area (Å²) < 4.78 is 26.7. The number of sulfonamides is 1. The predicted octanol–water partition coefficient (Wildman–Crippen LogP) is 2.38. The van der Waals surface area contributed by atoms with Crippen molar-refractivity contribution in [2.75, 3.05) is 4.72 Å². The fraction of sp³-hybridized carbons (Fsp3) is 0.500. The molecule has 0 radical (unpaired) electrons. The van der Waals surface area contributed by atoms with Gasteiger partial charge in [0.2, 0.25) is 10.0 Å². The normalized spacial score (nSPS) is 17.2. The predicted molar refractivity (Wildman–Crippen MR) is 67.6 cm³/mol. The molecule has 1 aliphatic carbocycles. The molecule has 1 saturated carbocycles. The molecule has 0 unspecified atom stereocenters. The fourth-order valence-electron chi connectivity index (χ4n) is 2.21. The SMILES string of the molecule is Cc1cccc(O)c1NS(=O)(=O)C1CCCC1. The van der Waals surface area contributed by atoms with Gasteiger partial charge in [0.1, 0.15) is 5.75 Å². The van der Waals surface area contributed by atoms with E-state index in [9.17, 15) is 13.5 Å². The first-order valence-corrected chi connectivity index (χ1v) is 7.35. The maximum Gasteiger partial charge on any atom is 0.235 e. The molecule has 1 aliphatic rings. The first-order valence-electron chi connectivity index (χ1n) is 5.81. The van der Waals surface area contributed by atoms with Gasteiger partial charge in [0.25, 0.3) is 0 Å². The summed E-state index contributed by atoms with van der Waals surface area (Å²) in [5, 5.41) is 9.35. The Morgan fingerprint density at radius 2 is 1.94 bits per heavy atom. The van der Waals surface area contributed by atoms with Crippen molar-refractivity contribution in [2.24, 2.45) is 0 Å². The van der Waals surface area contributed by atoms with Gasteiger partial charge >= 0.3 is 0 Å². The van der Waals surface area contributed by atoms with Crippen LogP contribution < -0.4 is 4.72 Å². The van der Waals surface area contributed by atoms with Gasteiger partial charge < -0.3 is 5.11 Å². The topological polar surface area (TPSA) is 66.4 Å². The number of rotatable bonds is 3. The van der Waals surface area contributed by atoms with E-state index in [4.69, 9.17) is 0 Å². The molecule has 0 spiro atoms. The molecule has 5 heteroatoms. The summed E-state index contributed by atoms with van der Waals surface area (Å²) in [6, 6.07) is 4.95. The zero-order chi connectivity index (χ0) is 12.5. The van der Waals surface area contributed by atoms with Crippen LogP contribution in [0.1, 0.15) is 31.2 Å². The summed E-state index contributed by atoms with van der Waals surface area (Å²) in [6.45, 7) is 1.77. The van der Waals surface area contributed by atoms with Crippen LogP contribution in [-0.2, 0) is 10.0 Å². The van der Waals surface area contributed by atoms with Crippen molar-refractivity contribution in [3.8, 4) is 5.75 Å². The number of anilines is 1. The van der Waals surface area contributed by atoms with E-state index in [-0.39, 0.29) is 11.0 Å². The Morgan fingerprint density at radius 1 is 1.29 bits per heavy atom. The molecule has 1 aromatic carbocycles. The van der Waals surface area contributed by atoms with Crippen molar-refractivity contribution in [2.45, 2.75) is 37.9 Å². The first-order chi connectivity index (χ1) is 8.00. The maximum absolute atomic E-state index is 12.1. The maximum atomic E-state index is 12.1. The van der Waals surface area contributed by atoms with Crippen molar-refractivity contribution in [1.82, 2.24) is 0 Å². The highest BCUT2D eigenvalue weighted by atomic mass is 32.2. The van der Waals surface area contributed by atoms with Gasteiger partial charge in [-0.3, -0.25) is 4.72 Å². The minimum atomic E-state index is -3.37. The number of para-hydroxylation sites is 1. The molecule has 0 atom stereocenters. The van der Waals surface area contributed by atoms with Crippen LogP contribution in [0.5, 0.6) is 5.75 Å². The number of phenolic OH excluding ortho intramolecular Hbond substituents is 1. The summed E-state index contributed by atoms with van der Waals surface area (Å²) in [6.07, 6.45) is 3.35. The molecule has 1 fully saturated rings. The monoisotopic (exact) mass is 255 g/mol. The van der Waals surface area contributed by atoms with Gasteiger partial charge in [-0.05, 0) is 31.4 Å². The Labute approximate surface area is 102 Å². The number of phenols is 1. The van der Waals surface area contributed by atoms with Crippen LogP contribution in [0, 0.1) is 6.92 Å². The van der Waals surface area contributed by atoms with Crippen LogP contribution in [-0.4, -0.2) is 18.8 Å². The molecule has 1 aromatic rings. The van der Waals surface area contributed by atoms with E-state index in [0.29, 0.717) is 18.5 Å². The van der Waals surface area contributed by atoms with E-state index in [1.54, 1.807) is 19.1 Å². The lowest BCUT2D eigenvalue weighted by Gasteiger charge is -2.15. The van der Waals surface area contributed by atoms with E-state index < -0.39 is 10.0 Å². The van der Waals surface area contributed by atoms with Crippen LogP contribution in [0.4, 0.5) is 5.69 Å². The second kappa shape index (κ2) is 4.56. The Hall–Kier alpha value is -1.23. The van der Waals surface area contributed by atoms with E-state index in [0.717, 1.165) is 18.4 Å². The zero-order valence-corrected chi connectivity index (χ0v) is 10.6.